The molecule has 0 saturated carbocycles. The van der Waals surface area contributed by atoms with E-state index < -0.39 is 67.4 Å². The number of nitrogens with one attached hydrogen (secondary N) is 1. The van der Waals surface area contributed by atoms with Gasteiger partial charge in [0.1, 0.15) is 12.3 Å². The van der Waals surface area contributed by atoms with Gasteiger partial charge in [0.15, 0.2) is 5.85 Å². The monoisotopic (exact) mass is 450 g/mol. The van der Waals surface area contributed by atoms with Crippen molar-refractivity contribution in [2.45, 2.75) is 64.2 Å². The van der Waals surface area contributed by atoms with Gasteiger partial charge in [-0.3, -0.25) is 23.7 Å². The van der Waals surface area contributed by atoms with Crippen LogP contribution < -0.4 is 11.2 Å². The summed E-state index contributed by atoms with van der Waals surface area (Å²) in [5.74, 6) is -3.10. The molecule has 3 rings (SSSR count). The van der Waals surface area contributed by atoms with Crippen molar-refractivity contribution >= 4 is 14.3 Å². The number of aromatic amines is 1. The van der Waals surface area contributed by atoms with Crippen LogP contribution >= 0.6 is 8.38 Å². The molecular formula is C17H24FN2O9P. The summed E-state index contributed by atoms with van der Waals surface area (Å²) in [7, 11) is -2.01. The second-order valence-electron chi connectivity index (χ2n) is 8.01. The summed E-state index contributed by atoms with van der Waals surface area (Å²) in [6, 6.07) is 0. The number of hydrogen-bond acceptors (Lipinski definition) is 9. The summed E-state index contributed by atoms with van der Waals surface area (Å²) in [4.78, 5) is 36.9. The van der Waals surface area contributed by atoms with E-state index >= 15 is 0 Å². The first-order chi connectivity index (χ1) is 14.0. The second-order valence-corrected chi connectivity index (χ2v) is 9.58. The van der Waals surface area contributed by atoms with Crippen molar-refractivity contribution in [2.24, 2.45) is 5.41 Å². The Kier molecular flexibility index (Phi) is 6.75. The number of hydrogen-bond donors (Lipinski definition) is 3. The van der Waals surface area contributed by atoms with Gasteiger partial charge in [0.2, 0.25) is 20.5 Å². The lowest BCUT2D eigenvalue weighted by Crippen LogP contribution is -2.38. The van der Waals surface area contributed by atoms with Crippen LogP contribution in [0.25, 0.3) is 0 Å². The van der Waals surface area contributed by atoms with Crippen LogP contribution in [0.5, 0.6) is 0 Å². The molecule has 0 amide bonds. The zero-order valence-electron chi connectivity index (χ0n) is 16.6. The van der Waals surface area contributed by atoms with Gasteiger partial charge in [-0.1, -0.05) is 0 Å². The summed E-state index contributed by atoms with van der Waals surface area (Å²) in [5, 5.41) is 20.9. The van der Waals surface area contributed by atoms with E-state index in [1.165, 1.54) is 0 Å². The Labute approximate surface area is 171 Å². The number of esters is 1. The van der Waals surface area contributed by atoms with Crippen LogP contribution in [0.3, 0.4) is 0 Å². The molecule has 2 fully saturated rings. The fourth-order valence-electron chi connectivity index (χ4n) is 2.86. The summed E-state index contributed by atoms with van der Waals surface area (Å²) < 4.78 is 36.2. The third kappa shape index (κ3) is 4.96. The number of aliphatic hydroxyl groups is 2. The first-order valence-corrected chi connectivity index (χ1v) is 10.5. The molecule has 3 N–H and O–H groups in total. The number of aliphatic hydroxyl groups excluding tert-OH is 2. The quantitative estimate of drug-likeness (QED) is 0.435. The Balaban J connectivity index is 1.67. The van der Waals surface area contributed by atoms with E-state index in [2.05, 4.69) is 0 Å². The van der Waals surface area contributed by atoms with Gasteiger partial charge >= 0.3 is 11.7 Å². The minimum absolute atomic E-state index is 0.140. The first kappa shape index (κ1) is 23.0. The zero-order chi connectivity index (χ0) is 22.2. The van der Waals surface area contributed by atoms with E-state index in [0.29, 0.717) is 6.20 Å². The van der Waals surface area contributed by atoms with E-state index in [9.17, 15) is 29.0 Å². The number of rotatable bonds is 4. The number of halogens is 1. The molecule has 0 bridgehead atoms. The summed E-state index contributed by atoms with van der Waals surface area (Å²) in [5.41, 5.74) is -2.83. The molecule has 0 spiro atoms. The number of H-pyrrole nitrogens is 1. The van der Waals surface area contributed by atoms with E-state index in [-0.39, 0.29) is 19.4 Å². The topological polar surface area (TPSA) is 149 Å². The van der Waals surface area contributed by atoms with E-state index in [4.69, 9.17) is 18.5 Å². The van der Waals surface area contributed by atoms with Gasteiger partial charge in [-0.25, -0.2) is 4.79 Å². The van der Waals surface area contributed by atoms with Crippen molar-refractivity contribution < 1.29 is 37.9 Å². The van der Waals surface area contributed by atoms with Crippen molar-refractivity contribution in [3.63, 3.8) is 0 Å². The maximum atomic E-state index is 13.5. The molecule has 6 atom stereocenters. The van der Waals surface area contributed by atoms with Crippen molar-refractivity contribution in [1.29, 1.82) is 0 Å². The molecule has 3 unspecified atom stereocenters. The Morgan fingerprint density at radius 2 is 2.13 bits per heavy atom. The molecule has 0 aliphatic carbocycles. The maximum Gasteiger partial charge on any atom is 0.330 e. The highest BCUT2D eigenvalue weighted by atomic mass is 31.2. The average Bonchev–Trinajstić information content (AvgIpc) is 3.05. The lowest BCUT2D eigenvalue weighted by molar-refractivity contribution is -0.179. The van der Waals surface area contributed by atoms with Crippen LogP contribution in [0.4, 0.5) is 4.39 Å². The number of aromatic nitrogens is 2. The van der Waals surface area contributed by atoms with Crippen molar-refractivity contribution in [1.82, 2.24) is 9.55 Å². The highest BCUT2D eigenvalue weighted by Crippen LogP contribution is 2.51. The van der Waals surface area contributed by atoms with E-state index in [1.54, 1.807) is 25.8 Å². The standard InChI is InChI=1S/C17H24FN2O9P/c1-17(2,3)15(24)28-11-4-5-26-30(29-11)14(23)12-9(21)6-10(27-12)20-7-8(18)13(22)19-16(20)25/h7,9-12,14,21,23H,4-6H2,1-3H3,(H,19,22,25)/t9-,10+,11?,12-,14?,30?/m0/s1. The number of nitrogens with zero attached hydrogens (tertiary/aromatic N) is 1. The molecule has 0 radical (unpaired) electrons. The number of ether oxygens (including phenoxy) is 2. The molecule has 3 heterocycles. The van der Waals surface area contributed by atoms with E-state index in [1.807, 2.05) is 0 Å². The summed E-state index contributed by atoms with van der Waals surface area (Å²) >= 11 is 0. The average molecular weight is 450 g/mol. The molecule has 0 aromatic carbocycles. The molecule has 168 valence electrons. The van der Waals surface area contributed by atoms with Crippen molar-refractivity contribution in [2.75, 3.05) is 6.61 Å². The lowest BCUT2D eigenvalue weighted by Gasteiger charge is -2.34. The Morgan fingerprint density at radius 1 is 1.43 bits per heavy atom. The number of carbonyl (C=O) groups is 1. The Bertz CT molecular complexity index is 898. The molecule has 30 heavy (non-hydrogen) atoms. The summed E-state index contributed by atoms with van der Waals surface area (Å²) in [6.45, 7) is 5.23. The molecule has 1 aromatic rings. The maximum absolute atomic E-state index is 13.5. The zero-order valence-corrected chi connectivity index (χ0v) is 17.5. The van der Waals surface area contributed by atoms with Crippen molar-refractivity contribution in [3.05, 3.63) is 32.9 Å². The van der Waals surface area contributed by atoms with Gasteiger partial charge in [-0.15, -0.1) is 0 Å². The van der Waals surface area contributed by atoms with Crippen LogP contribution in [0.2, 0.25) is 0 Å². The minimum atomic E-state index is -2.01. The smallest absolute Gasteiger partial charge is 0.330 e. The predicted octanol–water partition coefficient (Wildman–Crippen LogP) is 0.307. The van der Waals surface area contributed by atoms with Gasteiger partial charge < -0.3 is 24.2 Å². The Hall–Kier alpha value is -1.69. The van der Waals surface area contributed by atoms with Crippen LogP contribution in [-0.4, -0.2) is 56.7 Å². The predicted molar refractivity (Wildman–Crippen MR) is 99.7 cm³/mol. The van der Waals surface area contributed by atoms with Crippen LogP contribution in [0, 0.1) is 11.2 Å². The lowest BCUT2D eigenvalue weighted by atomic mass is 9.97. The number of carbonyl (C=O) groups excluding carboxylic acids is 1. The third-order valence-electron chi connectivity index (χ3n) is 4.53. The normalized spacial score (nSPS) is 30.8. The van der Waals surface area contributed by atoms with Gasteiger partial charge in [-0.05, 0) is 20.8 Å². The first-order valence-electron chi connectivity index (χ1n) is 9.30. The molecule has 2 aliphatic rings. The Morgan fingerprint density at radius 3 is 2.80 bits per heavy atom. The van der Waals surface area contributed by atoms with Gasteiger partial charge in [0.05, 0.1) is 24.3 Å². The van der Waals surface area contributed by atoms with E-state index in [0.717, 1.165) is 4.57 Å². The SMILES string of the molecule is CC(C)(C)C(=O)OC1CCOP(C(O)[C@H]2O[C@@H](n3cc(F)c(=O)[nH]c3=O)C[C@@H]2O)O1. The van der Waals surface area contributed by atoms with Gasteiger partial charge in [0.25, 0.3) is 5.56 Å². The highest BCUT2D eigenvalue weighted by Gasteiger charge is 2.46. The van der Waals surface area contributed by atoms with Crippen LogP contribution in [0.1, 0.15) is 39.8 Å². The van der Waals surface area contributed by atoms with Crippen molar-refractivity contribution in [3.8, 4) is 0 Å². The minimum Gasteiger partial charge on any atom is -0.435 e. The highest BCUT2D eigenvalue weighted by molar-refractivity contribution is 7.48. The molecule has 1 aromatic heterocycles. The molecule has 13 heteroatoms. The summed E-state index contributed by atoms with van der Waals surface area (Å²) in [6.07, 6.45) is -3.66. The molecule has 2 saturated heterocycles. The largest absolute Gasteiger partial charge is 0.435 e. The third-order valence-corrected chi connectivity index (χ3v) is 6.13. The molecular weight excluding hydrogens is 426 g/mol. The molecule has 2 aliphatic heterocycles. The van der Waals surface area contributed by atoms with Gasteiger partial charge in [0, 0.05) is 12.8 Å². The second kappa shape index (κ2) is 8.81. The van der Waals surface area contributed by atoms with Gasteiger partial charge in [-0.2, -0.15) is 4.39 Å². The van der Waals surface area contributed by atoms with Crippen LogP contribution in [0.15, 0.2) is 15.8 Å². The van der Waals surface area contributed by atoms with Crippen LogP contribution in [-0.2, 0) is 23.3 Å². The molecule has 11 nitrogen and oxygen atoms in total. The fraction of sp³-hybridized carbons (Fsp3) is 0.706. The fourth-order valence-corrected chi connectivity index (χ4v) is 4.38.